The van der Waals surface area contributed by atoms with Gasteiger partial charge in [0.2, 0.25) is 0 Å². The molecule has 0 radical (unpaired) electrons. The smallest absolute Gasteiger partial charge is 0.294 e. The molecule has 15 heavy (non-hydrogen) atoms. The zero-order valence-electron chi connectivity index (χ0n) is 8.51. The lowest BCUT2D eigenvalue weighted by Crippen LogP contribution is -2.25. The van der Waals surface area contributed by atoms with Gasteiger partial charge in [-0.15, -0.1) is 0 Å². The summed E-state index contributed by atoms with van der Waals surface area (Å²) in [7, 11) is 1.76. The first-order valence-corrected chi connectivity index (χ1v) is 4.51. The van der Waals surface area contributed by atoms with Crippen LogP contribution in [0.1, 0.15) is 0 Å². The number of nitrogens with zero attached hydrogens (tertiary/aromatic N) is 2. The standard InChI is InChI=1S/C9H14N4O2/c1-12(5-4-10)8-3-2-7(11)6-9(8)13(14)15/h2-3,6H,4-5,10-11H2,1H3. The van der Waals surface area contributed by atoms with E-state index in [0.717, 1.165) is 0 Å². The zero-order chi connectivity index (χ0) is 11.4. The minimum atomic E-state index is -0.446. The Balaban J connectivity index is 3.10. The normalized spacial score (nSPS) is 10.0. The zero-order valence-corrected chi connectivity index (χ0v) is 8.51. The molecule has 0 aliphatic heterocycles. The molecule has 0 aliphatic rings. The molecule has 82 valence electrons. The molecule has 6 nitrogen and oxygen atoms in total. The van der Waals surface area contributed by atoms with Crippen molar-refractivity contribution < 1.29 is 4.92 Å². The first kappa shape index (κ1) is 11.3. The van der Waals surface area contributed by atoms with Gasteiger partial charge in [0.1, 0.15) is 5.69 Å². The van der Waals surface area contributed by atoms with Gasteiger partial charge in [0.05, 0.1) is 4.92 Å². The van der Waals surface area contributed by atoms with Crippen LogP contribution in [0, 0.1) is 10.1 Å². The van der Waals surface area contributed by atoms with E-state index in [4.69, 9.17) is 11.5 Å². The fourth-order valence-corrected chi connectivity index (χ4v) is 1.32. The van der Waals surface area contributed by atoms with Crippen molar-refractivity contribution in [2.24, 2.45) is 5.73 Å². The van der Waals surface area contributed by atoms with E-state index in [1.807, 2.05) is 0 Å². The first-order chi connectivity index (χ1) is 7.06. The molecular formula is C9H14N4O2. The van der Waals surface area contributed by atoms with E-state index in [9.17, 15) is 10.1 Å². The van der Waals surface area contributed by atoms with Gasteiger partial charge in [0.15, 0.2) is 0 Å². The Labute approximate surface area is 87.6 Å². The lowest BCUT2D eigenvalue weighted by Gasteiger charge is -2.18. The summed E-state index contributed by atoms with van der Waals surface area (Å²) in [5.74, 6) is 0. The van der Waals surface area contributed by atoms with Crippen molar-refractivity contribution in [1.82, 2.24) is 0 Å². The molecule has 0 heterocycles. The third-order valence-electron chi connectivity index (χ3n) is 2.07. The molecule has 0 amide bonds. The minimum Gasteiger partial charge on any atom is -0.399 e. The highest BCUT2D eigenvalue weighted by Gasteiger charge is 2.16. The summed E-state index contributed by atoms with van der Waals surface area (Å²) < 4.78 is 0. The number of benzene rings is 1. The van der Waals surface area contributed by atoms with Gasteiger partial charge in [-0.2, -0.15) is 0 Å². The van der Waals surface area contributed by atoms with Gasteiger partial charge in [-0.05, 0) is 12.1 Å². The van der Waals surface area contributed by atoms with E-state index in [1.54, 1.807) is 24.1 Å². The molecule has 0 aromatic heterocycles. The number of anilines is 2. The maximum atomic E-state index is 10.8. The number of nitro groups is 1. The Bertz CT molecular complexity index is 367. The summed E-state index contributed by atoms with van der Waals surface area (Å²) >= 11 is 0. The Morgan fingerprint density at radius 2 is 2.20 bits per heavy atom. The molecule has 0 spiro atoms. The van der Waals surface area contributed by atoms with Gasteiger partial charge in [0, 0.05) is 31.9 Å². The number of nitrogens with two attached hydrogens (primary N) is 2. The molecule has 0 bridgehead atoms. The molecule has 1 aromatic rings. The molecule has 4 N–H and O–H groups in total. The fourth-order valence-electron chi connectivity index (χ4n) is 1.32. The van der Waals surface area contributed by atoms with Crippen LogP contribution in [0.3, 0.4) is 0 Å². The highest BCUT2D eigenvalue weighted by molar-refractivity contribution is 5.67. The van der Waals surface area contributed by atoms with E-state index in [0.29, 0.717) is 24.5 Å². The van der Waals surface area contributed by atoms with Gasteiger partial charge in [-0.1, -0.05) is 0 Å². The van der Waals surface area contributed by atoms with E-state index >= 15 is 0 Å². The lowest BCUT2D eigenvalue weighted by atomic mass is 10.2. The average Bonchev–Trinajstić information content (AvgIpc) is 2.17. The number of rotatable bonds is 4. The lowest BCUT2D eigenvalue weighted by molar-refractivity contribution is -0.384. The van der Waals surface area contributed by atoms with Crippen molar-refractivity contribution in [1.29, 1.82) is 0 Å². The van der Waals surface area contributed by atoms with Crippen molar-refractivity contribution in [3.05, 3.63) is 28.3 Å². The van der Waals surface area contributed by atoms with Crippen LogP contribution in [0.15, 0.2) is 18.2 Å². The maximum Gasteiger partial charge on any atom is 0.294 e. The minimum absolute atomic E-state index is 0.00551. The molecule has 1 aromatic carbocycles. The average molecular weight is 210 g/mol. The second-order valence-corrected chi connectivity index (χ2v) is 3.22. The third kappa shape index (κ3) is 2.57. The quantitative estimate of drug-likeness (QED) is 0.430. The highest BCUT2D eigenvalue weighted by Crippen LogP contribution is 2.28. The van der Waals surface area contributed by atoms with E-state index in [2.05, 4.69) is 0 Å². The maximum absolute atomic E-state index is 10.8. The number of hydrogen-bond acceptors (Lipinski definition) is 5. The monoisotopic (exact) mass is 210 g/mol. The van der Waals surface area contributed by atoms with E-state index in [1.165, 1.54) is 6.07 Å². The Morgan fingerprint density at radius 1 is 1.53 bits per heavy atom. The number of nitrogen functional groups attached to an aromatic ring is 1. The summed E-state index contributed by atoms with van der Waals surface area (Å²) in [4.78, 5) is 12.1. The molecule has 0 saturated carbocycles. The van der Waals surface area contributed by atoms with Gasteiger partial charge < -0.3 is 16.4 Å². The van der Waals surface area contributed by atoms with Crippen LogP contribution in [0.4, 0.5) is 17.1 Å². The van der Waals surface area contributed by atoms with Crippen molar-refractivity contribution in [3.63, 3.8) is 0 Å². The summed E-state index contributed by atoms with van der Waals surface area (Å²) in [5, 5.41) is 10.8. The van der Waals surface area contributed by atoms with Crippen molar-refractivity contribution in [2.75, 3.05) is 30.8 Å². The first-order valence-electron chi connectivity index (χ1n) is 4.51. The Kier molecular flexibility index (Phi) is 3.46. The van der Waals surface area contributed by atoms with Crippen molar-refractivity contribution >= 4 is 17.1 Å². The van der Waals surface area contributed by atoms with Crippen LogP contribution in [0.25, 0.3) is 0 Å². The van der Waals surface area contributed by atoms with Crippen LogP contribution < -0.4 is 16.4 Å². The number of hydrogen-bond donors (Lipinski definition) is 2. The van der Waals surface area contributed by atoms with Gasteiger partial charge in [-0.3, -0.25) is 10.1 Å². The van der Waals surface area contributed by atoms with E-state index < -0.39 is 4.92 Å². The van der Waals surface area contributed by atoms with Crippen LogP contribution in [-0.4, -0.2) is 25.1 Å². The van der Waals surface area contributed by atoms with Crippen LogP contribution in [0.2, 0.25) is 0 Å². The molecule has 1 rings (SSSR count). The van der Waals surface area contributed by atoms with Crippen molar-refractivity contribution in [3.8, 4) is 0 Å². The topological polar surface area (TPSA) is 98.4 Å². The second kappa shape index (κ2) is 4.61. The molecular weight excluding hydrogens is 196 g/mol. The van der Waals surface area contributed by atoms with Crippen LogP contribution in [-0.2, 0) is 0 Å². The van der Waals surface area contributed by atoms with Gasteiger partial charge in [-0.25, -0.2) is 0 Å². The summed E-state index contributed by atoms with van der Waals surface area (Å²) in [6, 6.07) is 4.61. The molecule has 6 heteroatoms. The predicted octanol–water partition coefficient (Wildman–Crippen LogP) is 0.572. The predicted molar refractivity (Wildman–Crippen MR) is 59.8 cm³/mol. The summed E-state index contributed by atoms with van der Waals surface area (Å²) in [5.41, 5.74) is 11.8. The Hall–Kier alpha value is -1.82. The van der Waals surface area contributed by atoms with Crippen molar-refractivity contribution in [2.45, 2.75) is 0 Å². The molecule has 0 atom stereocenters. The molecule has 0 fully saturated rings. The number of likely N-dealkylation sites (N-methyl/N-ethyl adjacent to an activating group) is 1. The highest BCUT2D eigenvalue weighted by atomic mass is 16.6. The number of nitro benzene ring substituents is 1. The molecule has 0 saturated heterocycles. The van der Waals surface area contributed by atoms with Crippen LogP contribution in [0.5, 0.6) is 0 Å². The SMILES string of the molecule is CN(CCN)c1ccc(N)cc1[N+](=O)[O-]. The summed E-state index contributed by atoms with van der Waals surface area (Å²) in [6.07, 6.45) is 0. The van der Waals surface area contributed by atoms with Gasteiger partial charge in [0.25, 0.3) is 5.69 Å². The fraction of sp³-hybridized carbons (Fsp3) is 0.333. The molecule has 0 unspecified atom stereocenters. The van der Waals surface area contributed by atoms with Crippen LogP contribution >= 0.6 is 0 Å². The summed E-state index contributed by atoms with van der Waals surface area (Å²) in [6.45, 7) is 1.00. The molecule has 0 aliphatic carbocycles. The largest absolute Gasteiger partial charge is 0.399 e. The second-order valence-electron chi connectivity index (χ2n) is 3.22. The van der Waals surface area contributed by atoms with E-state index in [-0.39, 0.29) is 5.69 Å². The third-order valence-corrected chi connectivity index (χ3v) is 2.07. The van der Waals surface area contributed by atoms with Gasteiger partial charge >= 0.3 is 0 Å². The Morgan fingerprint density at radius 3 is 2.73 bits per heavy atom.